The average Bonchev–Trinajstić information content (AvgIpc) is 3.11. The van der Waals surface area contributed by atoms with E-state index in [4.69, 9.17) is 4.74 Å². The predicted octanol–water partition coefficient (Wildman–Crippen LogP) is 5.67. The first-order valence-electron chi connectivity index (χ1n) is 14.2. The number of Topliss-reactive ketones (excluding diaryl/α,β-unsaturated/α-hetero) is 1. The molecule has 0 amide bonds. The van der Waals surface area contributed by atoms with Crippen LogP contribution in [0.2, 0.25) is 0 Å². The van der Waals surface area contributed by atoms with Crippen molar-refractivity contribution in [3.63, 3.8) is 0 Å². The second-order valence-corrected chi connectivity index (χ2v) is 15.5. The molecule has 4 heteroatoms. The molecule has 6 fully saturated rings. The Morgan fingerprint density at radius 2 is 1.53 bits per heavy atom. The summed E-state index contributed by atoms with van der Waals surface area (Å²) in [6.45, 7) is 15.4. The second kappa shape index (κ2) is 6.51. The number of ether oxygens (including phenoxy) is 1. The molecule has 2 unspecified atom stereocenters. The fourth-order valence-corrected chi connectivity index (χ4v) is 11.9. The Labute approximate surface area is 206 Å². The van der Waals surface area contributed by atoms with Crippen molar-refractivity contribution in [2.75, 3.05) is 0 Å². The minimum atomic E-state index is -0.855. The number of rotatable bonds is 2. The molecule has 6 aliphatic rings. The molecule has 2 spiro atoms. The summed E-state index contributed by atoms with van der Waals surface area (Å²) in [6.07, 6.45) is 10.1. The van der Waals surface area contributed by atoms with Gasteiger partial charge in [0.2, 0.25) is 0 Å². The smallest absolute Gasteiger partial charge is 0.138 e. The molecule has 0 aromatic heterocycles. The van der Waals surface area contributed by atoms with E-state index in [1.165, 1.54) is 25.7 Å². The summed E-state index contributed by atoms with van der Waals surface area (Å²) < 4.78 is 6.67. The van der Waals surface area contributed by atoms with Gasteiger partial charge in [-0.05, 0) is 112 Å². The lowest BCUT2D eigenvalue weighted by Crippen LogP contribution is -2.59. The van der Waals surface area contributed by atoms with Crippen LogP contribution in [0.1, 0.15) is 113 Å². The van der Waals surface area contributed by atoms with E-state index in [-0.39, 0.29) is 34.4 Å². The number of carbonyl (C=O) groups is 1. The third-order valence-corrected chi connectivity index (χ3v) is 13.6. The van der Waals surface area contributed by atoms with Crippen molar-refractivity contribution in [1.29, 1.82) is 0 Å². The number of hydrogen-bond donors (Lipinski definition) is 2. The van der Waals surface area contributed by atoms with Crippen LogP contribution in [-0.4, -0.2) is 39.4 Å². The topological polar surface area (TPSA) is 66.8 Å². The van der Waals surface area contributed by atoms with Crippen molar-refractivity contribution in [2.24, 2.45) is 44.8 Å². The van der Waals surface area contributed by atoms with Gasteiger partial charge in [-0.3, -0.25) is 4.79 Å². The second-order valence-electron chi connectivity index (χ2n) is 15.5. The van der Waals surface area contributed by atoms with Crippen LogP contribution < -0.4 is 0 Å². The van der Waals surface area contributed by atoms with Crippen LogP contribution in [0, 0.1) is 44.8 Å². The predicted molar refractivity (Wildman–Crippen MR) is 132 cm³/mol. The summed E-state index contributed by atoms with van der Waals surface area (Å²) >= 11 is 0. The SMILES string of the molecule is CC(C)(O)C1CCC(C)([C@H]2[C@@H](O)C[C@@]3(C)[C@@H]4CC[C@H]5C(C)(C)C(=O)CC[C@@]56C[C@@]46CC[C@]23C)O1. The number of aliphatic hydroxyl groups excluding tert-OH is 1. The summed E-state index contributed by atoms with van der Waals surface area (Å²) in [4.78, 5) is 12.9. The van der Waals surface area contributed by atoms with Gasteiger partial charge in [0.1, 0.15) is 5.78 Å². The Kier molecular flexibility index (Phi) is 4.58. The van der Waals surface area contributed by atoms with E-state index in [0.29, 0.717) is 28.4 Å². The Bertz CT molecular complexity index is 919. The highest BCUT2D eigenvalue weighted by molar-refractivity contribution is 5.86. The van der Waals surface area contributed by atoms with E-state index in [2.05, 4.69) is 34.6 Å². The van der Waals surface area contributed by atoms with Crippen LogP contribution in [0.5, 0.6) is 0 Å². The maximum Gasteiger partial charge on any atom is 0.138 e. The molecular formula is C30H48O4. The normalized spacial score (nSPS) is 58.0. The van der Waals surface area contributed by atoms with Gasteiger partial charge in [0.25, 0.3) is 0 Å². The summed E-state index contributed by atoms with van der Waals surface area (Å²) in [5, 5.41) is 22.4. The fourth-order valence-electron chi connectivity index (χ4n) is 11.9. The molecule has 0 aromatic carbocycles. The highest BCUT2D eigenvalue weighted by Crippen LogP contribution is 2.89. The third kappa shape index (κ3) is 2.55. The quantitative estimate of drug-likeness (QED) is 0.543. The summed E-state index contributed by atoms with van der Waals surface area (Å²) in [6, 6.07) is 0. The van der Waals surface area contributed by atoms with Gasteiger partial charge in [0.15, 0.2) is 0 Å². The minimum absolute atomic E-state index is 0.0300. The van der Waals surface area contributed by atoms with E-state index >= 15 is 0 Å². The molecule has 6 rings (SSSR count). The van der Waals surface area contributed by atoms with Gasteiger partial charge < -0.3 is 14.9 Å². The van der Waals surface area contributed by atoms with E-state index in [1.54, 1.807) is 0 Å². The molecule has 0 aromatic rings. The standard InChI is InChI=1S/C30H48O4/c1-24(2)19-8-9-20-27(6)16-18(31)23(28(7)12-11-22(34-28)25(3,4)33)26(27,5)14-15-30(20)17-29(19,30)13-10-21(24)32/h18-20,22-23,31,33H,8-17H2,1-7H3/t18-,19-,20-,22?,23-,26+,27-,28?,29+,30-/m0/s1. The van der Waals surface area contributed by atoms with Crippen molar-refractivity contribution in [3.8, 4) is 0 Å². The van der Waals surface area contributed by atoms with Gasteiger partial charge >= 0.3 is 0 Å². The van der Waals surface area contributed by atoms with E-state index < -0.39 is 11.2 Å². The first-order valence-corrected chi connectivity index (χ1v) is 14.2. The molecule has 5 saturated carbocycles. The first-order chi connectivity index (χ1) is 15.6. The zero-order valence-electron chi connectivity index (χ0n) is 22.7. The first kappa shape index (κ1) is 23.9. The largest absolute Gasteiger partial charge is 0.393 e. The van der Waals surface area contributed by atoms with Crippen LogP contribution in [-0.2, 0) is 9.53 Å². The molecule has 0 bridgehead atoms. The van der Waals surface area contributed by atoms with Gasteiger partial charge in [-0.2, -0.15) is 0 Å². The maximum atomic E-state index is 12.9. The van der Waals surface area contributed by atoms with E-state index in [1.807, 2.05) is 13.8 Å². The zero-order valence-corrected chi connectivity index (χ0v) is 22.7. The van der Waals surface area contributed by atoms with Crippen LogP contribution in [0.15, 0.2) is 0 Å². The number of ketones is 1. The molecule has 1 heterocycles. The van der Waals surface area contributed by atoms with Crippen molar-refractivity contribution in [1.82, 2.24) is 0 Å². The Morgan fingerprint density at radius 1 is 0.882 bits per heavy atom. The van der Waals surface area contributed by atoms with E-state index in [9.17, 15) is 15.0 Å². The minimum Gasteiger partial charge on any atom is -0.393 e. The molecular weight excluding hydrogens is 424 g/mol. The molecule has 4 nitrogen and oxygen atoms in total. The number of hydrogen-bond acceptors (Lipinski definition) is 4. The van der Waals surface area contributed by atoms with Crippen molar-refractivity contribution < 1.29 is 19.7 Å². The highest BCUT2D eigenvalue weighted by Gasteiger charge is 2.83. The molecule has 192 valence electrons. The van der Waals surface area contributed by atoms with Crippen molar-refractivity contribution in [2.45, 2.75) is 136 Å². The highest BCUT2D eigenvalue weighted by atomic mass is 16.5. The van der Waals surface area contributed by atoms with E-state index in [0.717, 1.165) is 38.5 Å². The van der Waals surface area contributed by atoms with Gasteiger partial charge in [0.05, 0.1) is 23.4 Å². The Hall–Kier alpha value is -0.450. The van der Waals surface area contributed by atoms with Crippen molar-refractivity contribution in [3.05, 3.63) is 0 Å². The van der Waals surface area contributed by atoms with Gasteiger partial charge in [0, 0.05) is 17.8 Å². The summed E-state index contributed by atoms with van der Waals surface area (Å²) in [5.74, 6) is 1.76. The fraction of sp³-hybridized carbons (Fsp3) is 0.967. The zero-order chi connectivity index (χ0) is 24.7. The van der Waals surface area contributed by atoms with Gasteiger partial charge in [-0.1, -0.05) is 27.7 Å². The molecule has 2 N–H and O–H groups in total. The lowest BCUT2D eigenvalue weighted by atomic mass is 9.41. The Balaban J connectivity index is 1.35. The van der Waals surface area contributed by atoms with Crippen LogP contribution >= 0.6 is 0 Å². The van der Waals surface area contributed by atoms with Crippen molar-refractivity contribution >= 4 is 5.78 Å². The third-order valence-electron chi connectivity index (χ3n) is 13.6. The lowest BCUT2D eigenvalue weighted by molar-refractivity contribution is -0.192. The monoisotopic (exact) mass is 472 g/mol. The van der Waals surface area contributed by atoms with Crippen LogP contribution in [0.3, 0.4) is 0 Å². The molecule has 1 aliphatic heterocycles. The molecule has 0 radical (unpaired) electrons. The molecule has 34 heavy (non-hydrogen) atoms. The van der Waals surface area contributed by atoms with Gasteiger partial charge in [-0.25, -0.2) is 0 Å². The Morgan fingerprint density at radius 3 is 2.18 bits per heavy atom. The number of fused-ring (bicyclic) bond motifs is 2. The summed E-state index contributed by atoms with van der Waals surface area (Å²) in [7, 11) is 0. The molecule has 10 atom stereocenters. The van der Waals surface area contributed by atoms with Crippen LogP contribution in [0.25, 0.3) is 0 Å². The number of aliphatic hydroxyl groups is 2. The van der Waals surface area contributed by atoms with Crippen LogP contribution in [0.4, 0.5) is 0 Å². The van der Waals surface area contributed by atoms with Gasteiger partial charge in [-0.15, -0.1) is 0 Å². The molecule has 5 aliphatic carbocycles. The lowest BCUT2D eigenvalue weighted by Gasteiger charge is -2.63. The molecule has 1 saturated heterocycles. The maximum absolute atomic E-state index is 12.9. The summed E-state index contributed by atoms with van der Waals surface area (Å²) in [5.41, 5.74) is -0.560. The number of carbonyl (C=O) groups excluding carboxylic acids is 1. The average molecular weight is 473 g/mol.